The Labute approximate surface area is 125 Å². The lowest BCUT2D eigenvalue weighted by Crippen LogP contribution is -2.28. The standard InChI is InChI=1S/C16H24FN3O/c1-11(2)8-19-9-13-7-14(17)3-4-15(13)20-6-5-12(10-20)16(18)21/h3-4,7,11-12,19H,5-6,8-10H2,1-2H3,(H2,18,21). The minimum Gasteiger partial charge on any atom is -0.370 e. The highest BCUT2D eigenvalue weighted by molar-refractivity contribution is 5.78. The summed E-state index contributed by atoms with van der Waals surface area (Å²) < 4.78 is 13.5. The van der Waals surface area contributed by atoms with Gasteiger partial charge in [0.15, 0.2) is 0 Å². The van der Waals surface area contributed by atoms with Crippen molar-refractivity contribution < 1.29 is 9.18 Å². The van der Waals surface area contributed by atoms with Crippen molar-refractivity contribution in [2.24, 2.45) is 17.6 Å². The summed E-state index contributed by atoms with van der Waals surface area (Å²) in [5, 5.41) is 3.34. The fraction of sp³-hybridized carbons (Fsp3) is 0.562. The molecule has 0 aliphatic carbocycles. The maximum Gasteiger partial charge on any atom is 0.222 e. The highest BCUT2D eigenvalue weighted by Crippen LogP contribution is 2.27. The van der Waals surface area contributed by atoms with Gasteiger partial charge >= 0.3 is 0 Å². The van der Waals surface area contributed by atoms with Gasteiger partial charge in [-0.15, -0.1) is 0 Å². The minimum absolute atomic E-state index is 0.105. The van der Waals surface area contributed by atoms with Crippen molar-refractivity contribution in [2.45, 2.75) is 26.8 Å². The van der Waals surface area contributed by atoms with Crippen molar-refractivity contribution in [2.75, 3.05) is 24.5 Å². The number of primary amides is 1. The number of nitrogens with zero attached hydrogens (tertiary/aromatic N) is 1. The molecule has 0 radical (unpaired) electrons. The van der Waals surface area contributed by atoms with Gasteiger partial charge in [0.05, 0.1) is 5.92 Å². The predicted molar refractivity (Wildman–Crippen MR) is 82.5 cm³/mol. The molecule has 5 heteroatoms. The number of nitrogens with one attached hydrogen (secondary N) is 1. The maximum absolute atomic E-state index is 13.5. The lowest BCUT2D eigenvalue weighted by molar-refractivity contribution is -0.121. The van der Waals surface area contributed by atoms with Gasteiger partial charge in [-0.2, -0.15) is 0 Å². The third-order valence-electron chi connectivity index (χ3n) is 3.84. The summed E-state index contributed by atoms with van der Waals surface area (Å²) in [5.74, 6) is -0.0376. The minimum atomic E-state index is -0.251. The van der Waals surface area contributed by atoms with Crippen LogP contribution in [0.1, 0.15) is 25.8 Å². The first-order valence-corrected chi connectivity index (χ1v) is 7.50. The van der Waals surface area contributed by atoms with E-state index in [2.05, 4.69) is 24.1 Å². The SMILES string of the molecule is CC(C)CNCc1cc(F)ccc1N1CCC(C(N)=O)C1. The largest absolute Gasteiger partial charge is 0.370 e. The molecular formula is C16H24FN3O. The molecule has 1 aliphatic rings. The number of anilines is 1. The van der Waals surface area contributed by atoms with Crippen molar-refractivity contribution in [1.82, 2.24) is 5.32 Å². The molecule has 1 aromatic rings. The zero-order valence-electron chi connectivity index (χ0n) is 12.7. The van der Waals surface area contributed by atoms with Gasteiger partial charge < -0.3 is 16.0 Å². The number of hydrogen-bond acceptors (Lipinski definition) is 3. The molecule has 1 unspecified atom stereocenters. The van der Waals surface area contributed by atoms with Gasteiger partial charge in [0, 0.05) is 25.3 Å². The average molecular weight is 293 g/mol. The van der Waals surface area contributed by atoms with Gasteiger partial charge in [0.2, 0.25) is 5.91 Å². The van der Waals surface area contributed by atoms with Gasteiger partial charge in [-0.1, -0.05) is 13.8 Å². The van der Waals surface area contributed by atoms with Gasteiger partial charge in [0.25, 0.3) is 0 Å². The van der Waals surface area contributed by atoms with Crippen molar-refractivity contribution in [3.8, 4) is 0 Å². The van der Waals surface area contributed by atoms with Crippen molar-refractivity contribution in [3.05, 3.63) is 29.6 Å². The Hall–Kier alpha value is -1.62. The molecular weight excluding hydrogens is 269 g/mol. The second-order valence-electron chi connectivity index (χ2n) is 6.13. The Morgan fingerprint density at radius 2 is 2.29 bits per heavy atom. The molecule has 1 heterocycles. The Balaban J connectivity index is 2.10. The van der Waals surface area contributed by atoms with Crippen LogP contribution in [0.2, 0.25) is 0 Å². The average Bonchev–Trinajstić information content (AvgIpc) is 2.88. The molecule has 1 saturated heterocycles. The molecule has 0 saturated carbocycles. The van der Waals surface area contributed by atoms with Gasteiger partial charge in [-0.05, 0) is 42.6 Å². The van der Waals surface area contributed by atoms with Gasteiger partial charge in [-0.3, -0.25) is 4.79 Å². The Morgan fingerprint density at radius 1 is 1.52 bits per heavy atom. The number of carbonyl (C=O) groups excluding carboxylic acids is 1. The van der Waals surface area contributed by atoms with E-state index in [1.807, 2.05) is 0 Å². The molecule has 1 aliphatic heterocycles. The van der Waals surface area contributed by atoms with E-state index < -0.39 is 0 Å². The molecule has 1 aromatic carbocycles. The first-order chi connectivity index (χ1) is 9.97. The van der Waals surface area contributed by atoms with Gasteiger partial charge in [-0.25, -0.2) is 4.39 Å². The molecule has 2 rings (SSSR count). The monoisotopic (exact) mass is 293 g/mol. The number of benzene rings is 1. The van der Waals surface area contributed by atoms with E-state index in [-0.39, 0.29) is 17.6 Å². The van der Waals surface area contributed by atoms with Crippen molar-refractivity contribution in [3.63, 3.8) is 0 Å². The van der Waals surface area contributed by atoms with E-state index in [0.29, 0.717) is 19.0 Å². The molecule has 21 heavy (non-hydrogen) atoms. The molecule has 116 valence electrons. The van der Waals surface area contributed by atoms with Crippen molar-refractivity contribution in [1.29, 1.82) is 0 Å². The zero-order chi connectivity index (χ0) is 15.4. The maximum atomic E-state index is 13.5. The van der Waals surface area contributed by atoms with E-state index in [1.54, 1.807) is 12.1 Å². The number of amides is 1. The second kappa shape index (κ2) is 6.89. The molecule has 1 amide bonds. The molecule has 3 N–H and O–H groups in total. The summed E-state index contributed by atoms with van der Waals surface area (Å²) >= 11 is 0. The van der Waals surface area contributed by atoms with Gasteiger partial charge in [0.1, 0.15) is 5.82 Å². The Kier molecular flexibility index (Phi) is 5.17. The highest BCUT2D eigenvalue weighted by atomic mass is 19.1. The van der Waals surface area contributed by atoms with Crippen LogP contribution < -0.4 is 16.0 Å². The Morgan fingerprint density at radius 3 is 2.90 bits per heavy atom. The van der Waals surface area contributed by atoms with Crippen LogP contribution >= 0.6 is 0 Å². The molecule has 1 fully saturated rings. The first kappa shape index (κ1) is 15.8. The summed E-state index contributed by atoms with van der Waals surface area (Å²) in [6.45, 7) is 7.20. The molecule has 1 atom stereocenters. The Bertz CT molecular complexity index is 504. The van der Waals surface area contributed by atoms with E-state index in [0.717, 1.165) is 30.8 Å². The number of nitrogens with two attached hydrogens (primary N) is 1. The summed E-state index contributed by atoms with van der Waals surface area (Å²) in [4.78, 5) is 13.4. The predicted octanol–water partition coefficient (Wildman–Crippen LogP) is 1.88. The summed E-state index contributed by atoms with van der Waals surface area (Å²) in [6, 6.07) is 4.84. The van der Waals surface area contributed by atoms with Crippen LogP contribution in [0.5, 0.6) is 0 Å². The van der Waals surface area contributed by atoms with Crippen LogP contribution in [-0.2, 0) is 11.3 Å². The number of halogens is 1. The van der Waals surface area contributed by atoms with Crippen molar-refractivity contribution >= 4 is 11.6 Å². The fourth-order valence-corrected chi connectivity index (χ4v) is 2.71. The van der Waals surface area contributed by atoms with Crippen LogP contribution in [0, 0.1) is 17.7 Å². The third-order valence-corrected chi connectivity index (χ3v) is 3.84. The van der Waals surface area contributed by atoms with Crippen LogP contribution in [0.4, 0.5) is 10.1 Å². The highest BCUT2D eigenvalue weighted by Gasteiger charge is 2.27. The second-order valence-corrected chi connectivity index (χ2v) is 6.13. The van der Waals surface area contributed by atoms with E-state index in [1.165, 1.54) is 6.07 Å². The third kappa shape index (κ3) is 4.17. The lowest BCUT2D eigenvalue weighted by Gasteiger charge is -2.22. The normalized spacial score (nSPS) is 18.5. The summed E-state index contributed by atoms with van der Waals surface area (Å²) in [7, 11) is 0. The van der Waals surface area contributed by atoms with Crippen LogP contribution in [-0.4, -0.2) is 25.5 Å². The van der Waals surface area contributed by atoms with E-state index in [4.69, 9.17) is 5.73 Å². The molecule has 4 nitrogen and oxygen atoms in total. The van der Waals surface area contributed by atoms with Crippen LogP contribution in [0.3, 0.4) is 0 Å². The van der Waals surface area contributed by atoms with E-state index >= 15 is 0 Å². The number of hydrogen-bond donors (Lipinski definition) is 2. The van der Waals surface area contributed by atoms with Crippen LogP contribution in [0.25, 0.3) is 0 Å². The van der Waals surface area contributed by atoms with E-state index in [9.17, 15) is 9.18 Å². The molecule has 0 spiro atoms. The van der Waals surface area contributed by atoms with Crippen LogP contribution in [0.15, 0.2) is 18.2 Å². The number of carbonyl (C=O) groups is 1. The fourth-order valence-electron chi connectivity index (χ4n) is 2.71. The molecule has 0 aromatic heterocycles. The lowest BCUT2D eigenvalue weighted by atomic mass is 10.1. The summed E-state index contributed by atoms with van der Waals surface area (Å²) in [6.07, 6.45) is 0.769. The molecule has 0 bridgehead atoms. The smallest absolute Gasteiger partial charge is 0.222 e. The zero-order valence-corrected chi connectivity index (χ0v) is 12.7. The summed E-state index contributed by atoms with van der Waals surface area (Å²) in [5.41, 5.74) is 7.30. The number of rotatable bonds is 6. The topological polar surface area (TPSA) is 58.4 Å². The quantitative estimate of drug-likeness (QED) is 0.842. The first-order valence-electron chi connectivity index (χ1n) is 7.50.